The Hall–Kier alpha value is -2.02. The van der Waals surface area contributed by atoms with Crippen LogP contribution in [0.25, 0.3) is 10.9 Å². The number of aryl methyl sites for hydroxylation is 1. The van der Waals surface area contributed by atoms with Crippen molar-refractivity contribution in [1.29, 1.82) is 5.26 Å². The number of benzene rings is 1. The highest BCUT2D eigenvalue weighted by atomic mass is 15.2. The zero-order valence-corrected chi connectivity index (χ0v) is 9.65. The predicted octanol–water partition coefficient (Wildman–Crippen LogP) is 2.29. The van der Waals surface area contributed by atoms with Gasteiger partial charge in [-0.3, -0.25) is 4.68 Å². The molecule has 0 saturated heterocycles. The lowest BCUT2D eigenvalue weighted by atomic mass is 10.1. The summed E-state index contributed by atoms with van der Waals surface area (Å²) in [5.41, 5.74) is 1.46. The molecule has 0 saturated carbocycles. The molecule has 2 aromatic rings. The minimum absolute atomic E-state index is 0.560. The minimum atomic E-state index is -0.560. The Morgan fingerprint density at radius 2 is 2.19 bits per heavy atom. The molecule has 0 aliphatic carbocycles. The SMILES string of the molecule is Cn1ncc2cc(NC(C)(C)C#N)ccc21. The van der Waals surface area contributed by atoms with Crippen molar-refractivity contribution < 1.29 is 0 Å². The van der Waals surface area contributed by atoms with Crippen molar-refractivity contribution in [3.63, 3.8) is 0 Å². The Kier molecular flexibility index (Phi) is 2.31. The molecule has 0 unspecified atom stereocenters. The summed E-state index contributed by atoms with van der Waals surface area (Å²) in [6.45, 7) is 3.70. The fourth-order valence-corrected chi connectivity index (χ4v) is 1.63. The van der Waals surface area contributed by atoms with Gasteiger partial charge in [0.25, 0.3) is 0 Å². The van der Waals surface area contributed by atoms with Gasteiger partial charge in [0.15, 0.2) is 0 Å². The van der Waals surface area contributed by atoms with Gasteiger partial charge in [-0.25, -0.2) is 0 Å². The van der Waals surface area contributed by atoms with E-state index in [1.807, 2.05) is 50.0 Å². The molecule has 4 heteroatoms. The van der Waals surface area contributed by atoms with Crippen molar-refractivity contribution in [1.82, 2.24) is 9.78 Å². The van der Waals surface area contributed by atoms with Crippen LogP contribution >= 0.6 is 0 Å². The highest BCUT2D eigenvalue weighted by molar-refractivity contribution is 5.82. The van der Waals surface area contributed by atoms with Crippen LogP contribution in [-0.4, -0.2) is 15.3 Å². The van der Waals surface area contributed by atoms with Gasteiger partial charge < -0.3 is 5.32 Å². The van der Waals surface area contributed by atoms with E-state index in [1.165, 1.54) is 0 Å². The van der Waals surface area contributed by atoms with Crippen LogP contribution in [0.3, 0.4) is 0 Å². The normalized spacial score (nSPS) is 11.4. The van der Waals surface area contributed by atoms with Gasteiger partial charge >= 0.3 is 0 Å². The number of hydrogen-bond acceptors (Lipinski definition) is 3. The number of rotatable bonds is 2. The zero-order valence-electron chi connectivity index (χ0n) is 9.65. The van der Waals surface area contributed by atoms with Crippen LogP contribution in [0.1, 0.15) is 13.8 Å². The van der Waals surface area contributed by atoms with Crippen molar-refractivity contribution in [2.24, 2.45) is 7.05 Å². The molecule has 1 aromatic carbocycles. The van der Waals surface area contributed by atoms with Gasteiger partial charge in [0, 0.05) is 18.1 Å². The third-order valence-electron chi connectivity index (χ3n) is 2.48. The standard InChI is InChI=1S/C12H14N4/c1-12(2,8-13)15-10-4-5-11-9(6-10)7-14-16(11)3/h4-7,15H,1-3H3. The quantitative estimate of drug-likeness (QED) is 0.834. The summed E-state index contributed by atoms with van der Waals surface area (Å²) in [5, 5.41) is 17.4. The largest absolute Gasteiger partial charge is 0.368 e. The van der Waals surface area contributed by atoms with Crippen molar-refractivity contribution in [2.45, 2.75) is 19.4 Å². The summed E-state index contributed by atoms with van der Waals surface area (Å²) in [7, 11) is 1.91. The highest BCUT2D eigenvalue weighted by Crippen LogP contribution is 2.20. The minimum Gasteiger partial charge on any atom is -0.368 e. The summed E-state index contributed by atoms with van der Waals surface area (Å²) >= 11 is 0. The van der Waals surface area contributed by atoms with E-state index in [4.69, 9.17) is 5.26 Å². The first-order chi connectivity index (χ1) is 7.52. The molecule has 1 heterocycles. The lowest BCUT2D eigenvalue weighted by Crippen LogP contribution is -2.28. The van der Waals surface area contributed by atoms with E-state index in [-0.39, 0.29) is 0 Å². The number of nitrogens with one attached hydrogen (secondary N) is 1. The molecule has 0 aliphatic rings. The summed E-state index contributed by atoms with van der Waals surface area (Å²) < 4.78 is 1.83. The van der Waals surface area contributed by atoms with E-state index < -0.39 is 5.54 Å². The van der Waals surface area contributed by atoms with Gasteiger partial charge in [-0.15, -0.1) is 0 Å². The number of hydrogen-bond donors (Lipinski definition) is 1. The van der Waals surface area contributed by atoms with Gasteiger partial charge in [-0.05, 0) is 32.0 Å². The number of nitrogens with zero attached hydrogens (tertiary/aromatic N) is 3. The second-order valence-electron chi connectivity index (χ2n) is 4.40. The predicted molar refractivity (Wildman–Crippen MR) is 64.0 cm³/mol. The first-order valence-corrected chi connectivity index (χ1v) is 5.13. The third-order valence-corrected chi connectivity index (χ3v) is 2.48. The Labute approximate surface area is 94.5 Å². The molecule has 0 aliphatic heterocycles. The second-order valence-corrected chi connectivity index (χ2v) is 4.40. The summed E-state index contributed by atoms with van der Waals surface area (Å²) in [6.07, 6.45) is 1.82. The van der Waals surface area contributed by atoms with Crippen molar-refractivity contribution in [3.8, 4) is 6.07 Å². The number of nitriles is 1. The fraction of sp³-hybridized carbons (Fsp3) is 0.333. The Balaban J connectivity index is 2.38. The van der Waals surface area contributed by atoms with Gasteiger partial charge in [0.1, 0.15) is 5.54 Å². The van der Waals surface area contributed by atoms with Gasteiger partial charge in [0.2, 0.25) is 0 Å². The third kappa shape index (κ3) is 1.84. The molecule has 0 bridgehead atoms. The van der Waals surface area contributed by atoms with Crippen LogP contribution in [0.5, 0.6) is 0 Å². The van der Waals surface area contributed by atoms with E-state index >= 15 is 0 Å². The molecule has 4 nitrogen and oxygen atoms in total. The first-order valence-electron chi connectivity index (χ1n) is 5.13. The topological polar surface area (TPSA) is 53.6 Å². The Morgan fingerprint density at radius 1 is 1.44 bits per heavy atom. The average molecular weight is 214 g/mol. The van der Waals surface area contributed by atoms with E-state index in [0.29, 0.717) is 0 Å². The molecular weight excluding hydrogens is 200 g/mol. The molecule has 1 aromatic heterocycles. The fourth-order valence-electron chi connectivity index (χ4n) is 1.63. The van der Waals surface area contributed by atoms with Gasteiger partial charge in [0.05, 0.1) is 17.8 Å². The van der Waals surface area contributed by atoms with Crippen molar-refractivity contribution in [3.05, 3.63) is 24.4 Å². The van der Waals surface area contributed by atoms with E-state index in [0.717, 1.165) is 16.6 Å². The van der Waals surface area contributed by atoms with Crippen LogP contribution in [-0.2, 0) is 7.05 Å². The Morgan fingerprint density at radius 3 is 2.88 bits per heavy atom. The number of fused-ring (bicyclic) bond motifs is 1. The van der Waals surface area contributed by atoms with Crippen LogP contribution in [0.15, 0.2) is 24.4 Å². The maximum absolute atomic E-state index is 8.94. The van der Waals surface area contributed by atoms with Crippen LogP contribution in [0.4, 0.5) is 5.69 Å². The van der Waals surface area contributed by atoms with E-state index in [2.05, 4.69) is 16.5 Å². The van der Waals surface area contributed by atoms with Crippen LogP contribution in [0, 0.1) is 11.3 Å². The molecule has 0 amide bonds. The molecule has 0 radical (unpaired) electrons. The van der Waals surface area contributed by atoms with Gasteiger partial charge in [-0.2, -0.15) is 10.4 Å². The monoisotopic (exact) mass is 214 g/mol. The summed E-state index contributed by atoms with van der Waals surface area (Å²) in [5.74, 6) is 0. The highest BCUT2D eigenvalue weighted by Gasteiger charge is 2.15. The molecule has 2 rings (SSSR count). The maximum atomic E-state index is 8.94. The second kappa shape index (κ2) is 3.53. The Bertz CT molecular complexity index is 560. The lowest BCUT2D eigenvalue weighted by Gasteiger charge is -2.18. The van der Waals surface area contributed by atoms with Gasteiger partial charge in [-0.1, -0.05) is 0 Å². The molecule has 0 fully saturated rings. The van der Waals surface area contributed by atoms with Crippen LogP contribution < -0.4 is 5.32 Å². The lowest BCUT2D eigenvalue weighted by molar-refractivity contribution is 0.729. The maximum Gasteiger partial charge on any atom is 0.119 e. The van der Waals surface area contributed by atoms with E-state index in [9.17, 15) is 0 Å². The summed E-state index contributed by atoms with van der Waals surface area (Å²) in [4.78, 5) is 0. The molecular formula is C12H14N4. The van der Waals surface area contributed by atoms with E-state index in [1.54, 1.807) is 0 Å². The first kappa shape index (κ1) is 10.5. The number of aromatic nitrogens is 2. The zero-order chi connectivity index (χ0) is 11.8. The molecule has 0 spiro atoms. The van der Waals surface area contributed by atoms with Crippen molar-refractivity contribution in [2.75, 3.05) is 5.32 Å². The smallest absolute Gasteiger partial charge is 0.119 e. The average Bonchev–Trinajstić information content (AvgIpc) is 2.60. The molecule has 16 heavy (non-hydrogen) atoms. The number of anilines is 1. The molecule has 82 valence electrons. The molecule has 0 atom stereocenters. The summed E-state index contributed by atoms with van der Waals surface area (Å²) in [6, 6.07) is 8.17. The van der Waals surface area contributed by atoms with Crippen molar-refractivity contribution >= 4 is 16.6 Å². The molecule has 1 N–H and O–H groups in total. The van der Waals surface area contributed by atoms with Crippen LogP contribution in [0.2, 0.25) is 0 Å².